The van der Waals surface area contributed by atoms with E-state index in [9.17, 15) is 9.90 Å². The molecule has 1 amide bonds. The average molecular weight is 420 g/mol. The quantitative estimate of drug-likeness (QED) is 0.604. The van der Waals surface area contributed by atoms with Crippen molar-refractivity contribution < 1.29 is 14.6 Å². The summed E-state index contributed by atoms with van der Waals surface area (Å²) in [6.45, 7) is 6.47. The molecule has 0 bridgehead atoms. The molecule has 6 nitrogen and oxygen atoms in total. The minimum Gasteiger partial charge on any atom is -0.444 e. The first-order valence-corrected chi connectivity index (χ1v) is 10.6. The second-order valence-corrected chi connectivity index (χ2v) is 9.04. The lowest BCUT2D eigenvalue weighted by atomic mass is 9.87. The number of hydrogen-bond donors (Lipinski definition) is 2. The van der Waals surface area contributed by atoms with Crippen molar-refractivity contribution in [2.75, 3.05) is 18.4 Å². The number of hydrogen-bond acceptors (Lipinski definition) is 5. The number of para-hydroxylation sites is 1. The van der Waals surface area contributed by atoms with E-state index in [0.717, 1.165) is 22.2 Å². The Morgan fingerprint density at radius 3 is 2.58 bits per heavy atom. The minimum absolute atomic E-state index is 0.0147. The standard InChI is InChI=1S/C25H29N3O3/c1-25(2,3)31-24(30)28-15-19(17-9-5-4-6-10-17)20(16-28)23(29)27-21-13-7-11-18-12-8-14-26-22(18)21/h4-14,19-20,23,27,29H,15-16H2,1-3H3/t19?,20?,23-/m0/s1. The summed E-state index contributed by atoms with van der Waals surface area (Å²) in [5, 5.41) is 15.5. The van der Waals surface area contributed by atoms with Gasteiger partial charge in [0, 0.05) is 36.5 Å². The molecular weight excluding hydrogens is 390 g/mol. The van der Waals surface area contributed by atoms with E-state index in [0.29, 0.717) is 13.1 Å². The third-order valence-corrected chi connectivity index (χ3v) is 5.59. The number of carbonyl (C=O) groups is 1. The molecule has 2 N–H and O–H groups in total. The summed E-state index contributed by atoms with van der Waals surface area (Å²) >= 11 is 0. The Kier molecular flexibility index (Phi) is 5.83. The summed E-state index contributed by atoms with van der Waals surface area (Å²) in [4.78, 5) is 18.9. The minimum atomic E-state index is -0.856. The molecule has 3 aromatic rings. The molecule has 31 heavy (non-hydrogen) atoms. The van der Waals surface area contributed by atoms with E-state index in [2.05, 4.69) is 10.3 Å². The van der Waals surface area contributed by atoms with Crippen molar-refractivity contribution in [3.05, 3.63) is 72.4 Å². The van der Waals surface area contributed by atoms with Gasteiger partial charge in [-0.2, -0.15) is 0 Å². The van der Waals surface area contributed by atoms with Gasteiger partial charge in [0.1, 0.15) is 11.8 Å². The molecule has 0 spiro atoms. The van der Waals surface area contributed by atoms with Crippen molar-refractivity contribution in [3.8, 4) is 0 Å². The maximum Gasteiger partial charge on any atom is 0.410 e. The topological polar surface area (TPSA) is 74.7 Å². The van der Waals surface area contributed by atoms with Crippen LogP contribution in [0, 0.1) is 5.92 Å². The number of aliphatic hydroxyl groups is 1. The van der Waals surface area contributed by atoms with Gasteiger partial charge in [-0.1, -0.05) is 48.5 Å². The molecule has 1 aliphatic rings. The molecule has 1 aromatic heterocycles. The van der Waals surface area contributed by atoms with Gasteiger partial charge < -0.3 is 20.1 Å². The van der Waals surface area contributed by atoms with Gasteiger partial charge in [-0.3, -0.25) is 4.98 Å². The molecule has 1 saturated heterocycles. The van der Waals surface area contributed by atoms with Gasteiger partial charge in [0.05, 0.1) is 11.2 Å². The highest BCUT2D eigenvalue weighted by Gasteiger charge is 2.41. The third-order valence-electron chi connectivity index (χ3n) is 5.59. The van der Waals surface area contributed by atoms with Gasteiger partial charge in [-0.25, -0.2) is 4.79 Å². The summed E-state index contributed by atoms with van der Waals surface area (Å²) in [6, 6.07) is 19.8. The molecule has 2 heterocycles. The molecule has 2 unspecified atom stereocenters. The molecule has 162 valence electrons. The molecule has 1 fully saturated rings. The number of rotatable bonds is 4. The molecule has 0 aliphatic carbocycles. The van der Waals surface area contributed by atoms with Gasteiger partial charge in [-0.15, -0.1) is 0 Å². The zero-order chi connectivity index (χ0) is 22.0. The maximum atomic E-state index is 12.7. The lowest BCUT2D eigenvalue weighted by Gasteiger charge is -2.26. The van der Waals surface area contributed by atoms with E-state index < -0.39 is 11.8 Å². The van der Waals surface area contributed by atoms with Crippen LogP contribution in [0.3, 0.4) is 0 Å². The van der Waals surface area contributed by atoms with Crippen LogP contribution in [0.5, 0.6) is 0 Å². The predicted octanol–water partition coefficient (Wildman–Crippen LogP) is 4.62. The molecule has 0 radical (unpaired) electrons. The van der Waals surface area contributed by atoms with Crippen LogP contribution in [0.1, 0.15) is 32.3 Å². The Balaban J connectivity index is 1.59. The SMILES string of the molecule is CC(C)(C)OC(=O)N1CC(c2ccccc2)C([C@H](O)Nc2cccc3cccnc23)C1. The van der Waals surface area contributed by atoms with Crippen molar-refractivity contribution >= 4 is 22.7 Å². The smallest absolute Gasteiger partial charge is 0.410 e. The van der Waals surface area contributed by atoms with Crippen molar-refractivity contribution in [2.45, 2.75) is 38.5 Å². The van der Waals surface area contributed by atoms with Crippen LogP contribution in [0.15, 0.2) is 66.9 Å². The fraction of sp³-hybridized carbons (Fsp3) is 0.360. The highest BCUT2D eigenvalue weighted by atomic mass is 16.6. The molecule has 2 aromatic carbocycles. The van der Waals surface area contributed by atoms with Crippen molar-refractivity contribution in [3.63, 3.8) is 0 Å². The van der Waals surface area contributed by atoms with Crippen LogP contribution in [0.2, 0.25) is 0 Å². The zero-order valence-corrected chi connectivity index (χ0v) is 18.2. The number of benzene rings is 2. The number of amides is 1. The van der Waals surface area contributed by atoms with E-state index in [1.165, 1.54) is 0 Å². The fourth-order valence-electron chi connectivity index (χ4n) is 4.16. The van der Waals surface area contributed by atoms with E-state index >= 15 is 0 Å². The fourth-order valence-corrected chi connectivity index (χ4v) is 4.16. The van der Waals surface area contributed by atoms with Crippen molar-refractivity contribution in [1.82, 2.24) is 9.88 Å². The van der Waals surface area contributed by atoms with E-state index in [1.54, 1.807) is 11.1 Å². The lowest BCUT2D eigenvalue weighted by Crippen LogP contribution is -2.37. The third kappa shape index (κ3) is 4.80. The van der Waals surface area contributed by atoms with Crippen LogP contribution in [0.4, 0.5) is 10.5 Å². The van der Waals surface area contributed by atoms with Gasteiger partial charge >= 0.3 is 6.09 Å². The normalized spacial score (nSPS) is 19.9. The predicted molar refractivity (Wildman–Crippen MR) is 122 cm³/mol. The first-order chi connectivity index (χ1) is 14.8. The number of likely N-dealkylation sites (tertiary alicyclic amines) is 1. The van der Waals surface area contributed by atoms with Crippen molar-refractivity contribution in [2.24, 2.45) is 5.92 Å². The largest absolute Gasteiger partial charge is 0.444 e. The summed E-state index contributed by atoms with van der Waals surface area (Å²) in [6.07, 6.45) is 0.534. The Hall–Kier alpha value is -3.12. The first-order valence-electron chi connectivity index (χ1n) is 10.6. The Bertz CT molecular complexity index is 1040. The monoisotopic (exact) mass is 419 g/mol. The summed E-state index contributed by atoms with van der Waals surface area (Å²) in [5.74, 6) is -0.215. The number of nitrogens with one attached hydrogen (secondary N) is 1. The molecule has 6 heteroatoms. The number of carbonyl (C=O) groups excluding carboxylic acids is 1. The molecule has 4 rings (SSSR count). The van der Waals surface area contributed by atoms with E-state index in [1.807, 2.05) is 81.4 Å². The summed E-state index contributed by atoms with van der Waals surface area (Å²) in [7, 11) is 0. The average Bonchev–Trinajstić information content (AvgIpc) is 3.19. The van der Waals surface area contributed by atoms with Crippen molar-refractivity contribution in [1.29, 1.82) is 0 Å². The van der Waals surface area contributed by atoms with Gasteiger partial charge in [0.15, 0.2) is 0 Å². The highest BCUT2D eigenvalue weighted by molar-refractivity contribution is 5.90. The van der Waals surface area contributed by atoms with Crippen LogP contribution in [0.25, 0.3) is 10.9 Å². The van der Waals surface area contributed by atoms with E-state index in [-0.39, 0.29) is 17.9 Å². The number of pyridine rings is 1. The van der Waals surface area contributed by atoms with Gasteiger partial charge in [-0.05, 0) is 38.5 Å². The first kappa shape index (κ1) is 21.1. The molecule has 1 aliphatic heterocycles. The molecule has 3 atom stereocenters. The van der Waals surface area contributed by atoms with E-state index in [4.69, 9.17) is 4.74 Å². The second kappa shape index (κ2) is 8.55. The highest BCUT2D eigenvalue weighted by Crippen LogP contribution is 2.36. The number of ether oxygens (including phenoxy) is 1. The second-order valence-electron chi connectivity index (χ2n) is 9.04. The maximum absolute atomic E-state index is 12.7. The van der Waals surface area contributed by atoms with Gasteiger partial charge in [0.25, 0.3) is 0 Å². The Labute approximate surface area is 182 Å². The Morgan fingerprint density at radius 1 is 1.10 bits per heavy atom. The zero-order valence-electron chi connectivity index (χ0n) is 18.2. The lowest BCUT2D eigenvalue weighted by molar-refractivity contribution is 0.0274. The van der Waals surface area contributed by atoms with Crippen LogP contribution in [-0.4, -0.2) is 46.0 Å². The number of anilines is 1. The number of fused-ring (bicyclic) bond motifs is 1. The molecule has 0 saturated carbocycles. The number of nitrogens with zero attached hydrogens (tertiary/aromatic N) is 2. The number of aliphatic hydroxyl groups excluding tert-OH is 1. The molecular formula is C25H29N3O3. The van der Waals surface area contributed by atoms with Crippen LogP contribution >= 0.6 is 0 Å². The van der Waals surface area contributed by atoms with Crippen LogP contribution in [-0.2, 0) is 4.74 Å². The summed E-state index contributed by atoms with van der Waals surface area (Å²) in [5.41, 5.74) is 2.11. The van der Waals surface area contributed by atoms with Gasteiger partial charge in [0.2, 0.25) is 0 Å². The summed E-state index contributed by atoms with van der Waals surface area (Å²) < 4.78 is 5.58. The Morgan fingerprint density at radius 2 is 1.84 bits per heavy atom. The number of aromatic nitrogens is 1. The van der Waals surface area contributed by atoms with Crippen LogP contribution < -0.4 is 5.32 Å².